The Balaban J connectivity index is 2.54. The molecule has 2 unspecified atom stereocenters. The van der Waals surface area contributed by atoms with Gasteiger partial charge in [-0.15, -0.1) is 11.3 Å². The summed E-state index contributed by atoms with van der Waals surface area (Å²) in [6.07, 6.45) is 1.84. The molecule has 0 fully saturated rings. The smallest absolute Gasteiger partial charge is 0.191 e. The van der Waals surface area contributed by atoms with Gasteiger partial charge in [0.05, 0.1) is 12.3 Å². The number of guanidine groups is 1. The molecule has 2 N–H and O–H groups in total. The molecule has 1 aromatic rings. The van der Waals surface area contributed by atoms with Gasteiger partial charge in [-0.1, -0.05) is 13.0 Å². The quantitative estimate of drug-likeness (QED) is 0.560. The Labute approximate surface area is 138 Å². The molecule has 0 aliphatic heterocycles. The lowest BCUT2D eigenvalue weighted by molar-refractivity contribution is 0.581. The Hall–Kier alpha value is -1.08. The number of nitrogens with one attached hydrogen (secondary N) is 2. The van der Waals surface area contributed by atoms with Gasteiger partial charge in [0, 0.05) is 29.6 Å². The lowest BCUT2D eigenvalue weighted by atomic mass is 10.1. The van der Waals surface area contributed by atoms with E-state index in [4.69, 9.17) is 0 Å². The number of rotatable bonds is 8. The molecule has 0 amide bonds. The summed E-state index contributed by atoms with van der Waals surface area (Å²) in [5.74, 6) is 1.31. The average Bonchev–Trinajstić information content (AvgIpc) is 2.96. The van der Waals surface area contributed by atoms with Crippen molar-refractivity contribution in [3.05, 3.63) is 22.4 Å². The molecule has 22 heavy (non-hydrogen) atoms. The largest absolute Gasteiger partial charge is 0.357 e. The van der Waals surface area contributed by atoms with E-state index in [1.54, 1.807) is 11.3 Å². The van der Waals surface area contributed by atoms with Crippen LogP contribution in [0.15, 0.2) is 22.5 Å². The molecule has 0 saturated heterocycles. The summed E-state index contributed by atoms with van der Waals surface area (Å²) in [6, 6.07) is 4.24. The second kappa shape index (κ2) is 9.15. The lowest BCUT2D eigenvalue weighted by Gasteiger charge is -2.18. The van der Waals surface area contributed by atoms with Crippen LogP contribution in [0.4, 0.5) is 0 Å². The molecule has 0 saturated carbocycles. The molecule has 1 rings (SSSR count). The second-order valence-corrected chi connectivity index (χ2v) is 8.84. The maximum Gasteiger partial charge on any atom is 0.191 e. The summed E-state index contributed by atoms with van der Waals surface area (Å²) < 4.78 is 22.4. The number of nitrogens with zero attached hydrogens (tertiary/aromatic N) is 1. The Morgan fingerprint density at radius 3 is 2.68 bits per heavy atom. The Morgan fingerprint density at radius 1 is 1.41 bits per heavy atom. The summed E-state index contributed by atoms with van der Waals surface area (Å²) in [6.45, 7) is 7.63. The molecule has 0 bridgehead atoms. The zero-order valence-electron chi connectivity index (χ0n) is 13.8. The van der Waals surface area contributed by atoms with Gasteiger partial charge in [0.15, 0.2) is 5.96 Å². The SMILES string of the molecule is CCNC(=NCC(C)c1cccs1)NC(C)CCS(C)(=O)=O. The number of sulfone groups is 1. The number of hydrogen-bond donors (Lipinski definition) is 2. The fourth-order valence-corrected chi connectivity index (χ4v) is 3.47. The maximum atomic E-state index is 11.2. The third-order valence-corrected chi connectivity index (χ3v) is 5.28. The maximum absolute atomic E-state index is 11.2. The summed E-state index contributed by atoms with van der Waals surface area (Å²) in [7, 11) is -2.92. The van der Waals surface area contributed by atoms with Gasteiger partial charge in [-0.2, -0.15) is 0 Å². The van der Waals surface area contributed by atoms with Crippen LogP contribution in [-0.4, -0.2) is 45.5 Å². The van der Waals surface area contributed by atoms with E-state index in [0.29, 0.717) is 18.9 Å². The van der Waals surface area contributed by atoms with Crippen molar-refractivity contribution >= 4 is 27.1 Å². The first-order chi connectivity index (χ1) is 10.3. The molecule has 7 heteroatoms. The summed E-state index contributed by atoms with van der Waals surface area (Å²) in [5.41, 5.74) is 0. The highest BCUT2D eigenvalue weighted by molar-refractivity contribution is 7.90. The first-order valence-corrected chi connectivity index (χ1v) is 10.5. The summed E-state index contributed by atoms with van der Waals surface area (Å²) in [4.78, 5) is 5.93. The van der Waals surface area contributed by atoms with Crippen LogP contribution in [0, 0.1) is 0 Å². The Bertz CT molecular complexity index is 553. The van der Waals surface area contributed by atoms with Gasteiger partial charge in [0.2, 0.25) is 0 Å². The molecule has 5 nitrogen and oxygen atoms in total. The van der Waals surface area contributed by atoms with E-state index in [1.165, 1.54) is 11.1 Å². The Morgan fingerprint density at radius 2 is 2.14 bits per heavy atom. The molecule has 0 spiro atoms. The molecule has 0 aromatic carbocycles. The van der Waals surface area contributed by atoms with Crippen molar-refractivity contribution in [2.75, 3.05) is 25.1 Å². The van der Waals surface area contributed by atoms with Crippen LogP contribution < -0.4 is 10.6 Å². The van der Waals surface area contributed by atoms with E-state index < -0.39 is 9.84 Å². The van der Waals surface area contributed by atoms with Gasteiger partial charge in [0.1, 0.15) is 9.84 Å². The molecule has 0 aliphatic carbocycles. The van der Waals surface area contributed by atoms with Crippen molar-refractivity contribution in [3.8, 4) is 0 Å². The zero-order chi connectivity index (χ0) is 16.6. The summed E-state index contributed by atoms with van der Waals surface area (Å²) in [5, 5.41) is 8.55. The molecule has 1 heterocycles. The van der Waals surface area contributed by atoms with Crippen LogP contribution in [0.1, 0.15) is 38.0 Å². The van der Waals surface area contributed by atoms with Crippen LogP contribution in [0.25, 0.3) is 0 Å². The molecule has 1 aromatic heterocycles. The normalized spacial score (nSPS) is 15.4. The van der Waals surface area contributed by atoms with E-state index in [1.807, 2.05) is 13.8 Å². The Kier molecular flexibility index (Phi) is 7.89. The van der Waals surface area contributed by atoms with Crippen molar-refractivity contribution in [2.24, 2.45) is 4.99 Å². The van der Waals surface area contributed by atoms with Crippen LogP contribution >= 0.6 is 11.3 Å². The van der Waals surface area contributed by atoms with Gasteiger partial charge in [-0.05, 0) is 31.7 Å². The number of hydrogen-bond acceptors (Lipinski definition) is 4. The van der Waals surface area contributed by atoms with E-state index in [-0.39, 0.29) is 11.8 Å². The lowest BCUT2D eigenvalue weighted by Crippen LogP contribution is -2.43. The van der Waals surface area contributed by atoms with Crippen LogP contribution in [-0.2, 0) is 9.84 Å². The fourth-order valence-electron chi connectivity index (χ4n) is 1.91. The third-order valence-electron chi connectivity index (χ3n) is 3.20. The first-order valence-electron chi connectivity index (χ1n) is 7.57. The van der Waals surface area contributed by atoms with E-state index in [9.17, 15) is 8.42 Å². The minimum atomic E-state index is -2.92. The molecule has 0 aliphatic rings. The van der Waals surface area contributed by atoms with Crippen LogP contribution in [0.5, 0.6) is 0 Å². The van der Waals surface area contributed by atoms with Crippen molar-refractivity contribution in [2.45, 2.75) is 39.2 Å². The third kappa shape index (κ3) is 7.79. The monoisotopic (exact) mass is 345 g/mol. The number of thiophene rings is 1. The van der Waals surface area contributed by atoms with Crippen molar-refractivity contribution in [1.29, 1.82) is 0 Å². The van der Waals surface area contributed by atoms with E-state index in [0.717, 1.165) is 12.5 Å². The highest BCUT2D eigenvalue weighted by Gasteiger charge is 2.10. The van der Waals surface area contributed by atoms with Crippen LogP contribution in [0.2, 0.25) is 0 Å². The second-order valence-electron chi connectivity index (χ2n) is 5.60. The van der Waals surface area contributed by atoms with Crippen molar-refractivity contribution < 1.29 is 8.42 Å². The van der Waals surface area contributed by atoms with E-state index in [2.05, 4.69) is 40.1 Å². The van der Waals surface area contributed by atoms with Gasteiger partial charge < -0.3 is 10.6 Å². The summed E-state index contributed by atoms with van der Waals surface area (Å²) >= 11 is 1.74. The minimum absolute atomic E-state index is 0.0598. The highest BCUT2D eigenvalue weighted by atomic mass is 32.2. The van der Waals surface area contributed by atoms with Crippen molar-refractivity contribution in [3.63, 3.8) is 0 Å². The van der Waals surface area contributed by atoms with E-state index >= 15 is 0 Å². The topological polar surface area (TPSA) is 70.6 Å². The van der Waals surface area contributed by atoms with Gasteiger partial charge in [-0.25, -0.2) is 8.42 Å². The molecule has 126 valence electrons. The molecule has 2 atom stereocenters. The van der Waals surface area contributed by atoms with Gasteiger partial charge >= 0.3 is 0 Å². The fraction of sp³-hybridized carbons (Fsp3) is 0.667. The predicted molar refractivity (Wildman–Crippen MR) is 95.6 cm³/mol. The standard InChI is InChI=1S/C15H27N3O2S2/c1-5-16-15(18-13(3)8-10-22(4,19)20)17-11-12(2)14-7-6-9-21-14/h6-7,9,12-13H,5,8,10-11H2,1-4H3,(H2,16,17,18). The van der Waals surface area contributed by atoms with Gasteiger partial charge in [0.25, 0.3) is 0 Å². The predicted octanol–water partition coefficient (Wildman–Crippen LogP) is 2.23. The molecule has 0 radical (unpaired) electrons. The molecular formula is C15H27N3O2S2. The average molecular weight is 346 g/mol. The van der Waals surface area contributed by atoms with Gasteiger partial charge in [-0.3, -0.25) is 4.99 Å². The molecular weight excluding hydrogens is 318 g/mol. The van der Waals surface area contributed by atoms with Crippen LogP contribution in [0.3, 0.4) is 0 Å². The zero-order valence-corrected chi connectivity index (χ0v) is 15.4. The number of aliphatic imine (C=N–C) groups is 1. The van der Waals surface area contributed by atoms with Crippen molar-refractivity contribution in [1.82, 2.24) is 10.6 Å². The minimum Gasteiger partial charge on any atom is -0.357 e. The highest BCUT2D eigenvalue weighted by Crippen LogP contribution is 2.20. The first kappa shape index (κ1) is 19.0.